The summed E-state index contributed by atoms with van der Waals surface area (Å²) >= 11 is 0. The van der Waals surface area contributed by atoms with Gasteiger partial charge >= 0.3 is 0 Å². The quantitative estimate of drug-likeness (QED) is 0.606. The normalized spacial score (nSPS) is 10.7. The van der Waals surface area contributed by atoms with Gasteiger partial charge in [-0.1, -0.05) is 18.2 Å². The molecule has 0 aliphatic heterocycles. The van der Waals surface area contributed by atoms with Crippen molar-refractivity contribution in [3.05, 3.63) is 71.2 Å². The van der Waals surface area contributed by atoms with Gasteiger partial charge < -0.3 is 15.4 Å². The van der Waals surface area contributed by atoms with Gasteiger partial charge in [-0.15, -0.1) is 0 Å². The standard InChI is InChI=1S/C23H26N4O2/c1-14(2)29-21-9-7-6-8-19(21)27-23(28)20-13-22(25-17(5)24-20)26-18-11-10-15(3)16(4)12-18/h6-14H,1-5H3,(H,27,28)(H,24,25,26). The summed E-state index contributed by atoms with van der Waals surface area (Å²) < 4.78 is 5.77. The summed E-state index contributed by atoms with van der Waals surface area (Å²) in [5.74, 6) is 1.38. The molecule has 0 atom stereocenters. The van der Waals surface area contributed by atoms with Crippen molar-refractivity contribution in [3.8, 4) is 5.75 Å². The first-order valence-electron chi connectivity index (χ1n) is 9.59. The Morgan fingerprint density at radius 1 is 0.966 bits per heavy atom. The second kappa shape index (κ2) is 8.73. The monoisotopic (exact) mass is 390 g/mol. The fraction of sp³-hybridized carbons (Fsp3) is 0.261. The number of amides is 1. The predicted octanol–water partition coefficient (Wildman–Crippen LogP) is 5.18. The number of aryl methyl sites for hydroxylation is 3. The zero-order valence-corrected chi connectivity index (χ0v) is 17.4. The minimum atomic E-state index is -0.321. The predicted molar refractivity (Wildman–Crippen MR) is 116 cm³/mol. The molecule has 0 unspecified atom stereocenters. The minimum absolute atomic E-state index is 0.00288. The van der Waals surface area contributed by atoms with Crippen LogP contribution >= 0.6 is 0 Å². The molecule has 0 bridgehead atoms. The second-order valence-corrected chi connectivity index (χ2v) is 7.23. The van der Waals surface area contributed by atoms with Crippen LogP contribution in [0.4, 0.5) is 17.2 Å². The summed E-state index contributed by atoms with van der Waals surface area (Å²) in [4.78, 5) is 21.5. The van der Waals surface area contributed by atoms with Crippen LogP contribution in [0.25, 0.3) is 0 Å². The van der Waals surface area contributed by atoms with Crippen LogP contribution in [0.15, 0.2) is 48.5 Å². The van der Waals surface area contributed by atoms with Crippen LogP contribution < -0.4 is 15.4 Å². The molecule has 6 heteroatoms. The zero-order chi connectivity index (χ0) is 21.0. The van der Waals surface area contributed by atoms with Crippen LogP contribution in [0.2, 0.25) is 0 Å². The van der Waals surface area contributed by atoms with E-state index in [1.165, 1.54) is 11.1 Å². The van der Waals surface area contributed by atoms with Crippen molar-refractivity contribution in [3.63, 3.8) is 0 Å². The molecule has 1 aromatic heterocycles. The lowest BCUT2D eigenvalue weighted by atomic mass is 10.1. The number of nitrogens with zero attached hydrogens (tertiary/aromatic N) is 2. The van der Waals surface area contributed by atoms with E-state index in [0.29, 0.717) is 23.1 Å². The molecule has 2 N–H and O–H groups in total. The van der Waals surface area contributed by atoms with E-state index < -0.39 is 0 Å². The molecule has 3 aromatic rings. The Labute approximate surface area is 171 Å². The first-order valence-corrected chi connectivity index (χ1v) is 9.59. The molecule has 0 spiro atoms. The van der Waals surface area contributed by atoms with Crippen molar-refractivity contribution in [2.45, 2.75) is 40.7 Å². The van der Waals surface area contributed by atoms with Gasteiger partial charge in [0.1, 0.15) is 23.1 Å². The van der Waals surface area contributed by atoms with Gasteiger partial charge in [-0.25, -0.2) is 9.97 Å². The van der Waals surface area contributed by atoms with Crippen molar-refractivity contribution in [2.75, 3.05) is 10.6 Å². The number of carbonyl (C=O) groups is 1. The highest BCUT2D eigenvalue weighted by Gasteiger charge is 2.14. The summed E-state index contributed by atoms with van der Waals surface area (Å²) in [5, 5.41) is 6.14. The molecule has 3 rings (SSSR count). The van der Waals surface area contributed by atoms with E-state index >= 15 is 0 Å². The number of benzene rings is 2. The minimum Gasteiger partial charge on any atom is -0.489 e. The van der Waals surface area contributed by atoms with Crippen LogP contribution in [-0.2, 0) is 0 Å². The molecule has 1 heterocycles. The van der Waals surface area contributed by atoms with Gasteiger partial charge in [-0.3, -0.25) is 4.79 Å². The first kappa shape index (κ1) is 20.3. The number of ether oxygens (including phenoxy) is 1. The van der Waals surface area contributed by atoms with E-state index in [1.54, 1.807) is 19.1 Å². The molecular formula is C23H26N4O2. The summed E-state index contributed by atoms with van der Waals surface area (Å²) in [5.41, 5.74) is 4.19. The molecule has 6 nitrogen and oxygen atoms in total. The third kappa shape index (κ3) is 5.31. The van der Waals surface area contributed by atoms with Crippen molar-refractivity contribution in [1.82, 2.24) is 9.97 Å². The summed E-state index contributed by atoms with van der Waals surface area (Å²) in [6.07, 6.45) is 0.00288. The van der Waals surface area contributed by atoms with Gasteiger partial charge in [-0.05, 0) is 70.0 Å². The van der Waals surface area contributed by atoms with E-state index in [-0.39, 0.29) is 17.7 Å². The van der Waals surface area contributed by atoms with E-state index in [2.05, 4.69) is 34.4 Å². The molecule has 2 aromatic carbocycles. The summed E-state index contributed by atoms with van der Waals surface area (Å²) in [6, 6.07) is 15.1. The molecule has 0 saturated carbocycles. The van der Waals surface area contributed by atoms with Gasteiger partial charge in [0, 0.05) is 11.8 Å². The molecule has 29 heavy (non-hydrogen) atoms. The first-order chi connectivity index (χ1) is 13.8. The van der Waals surface area contributed by atoms with E-state index in [1.807, 2.05) is 50.2 Å². The fourth-order valence-electron chi connectivity index (χ4n) is 2.83. The lowest BCUT2D eigenvalue weighted by Crippen LogP contribution is -2.17. The average molecular weight is 390 g/mol. The molecule has 1 amide bonds. The molecular weight excluding hydrogens is 364 g/mol. The Bertz CT molecular complexity index is 1030. The van der Waals surface area contributed by atoms with E-state index in [4.69, 9.17) is 4.74 Å². The Morgan fingerprint density at radius 2 is 1.72 bits per heavy atom. The maximum atomic E-state index is 12.8. The van der Waals surface area contributed by atoms with Gasteiger partial charge in [0.25, 0.3) is 5.91 Å². The third-order valence-corrected chi connectivity index (χ3v) is 4.35. The number of carbonyl (C=O) groups excluding carboxylic acids is 1. The number of rotatable bonds is 6. The summed E-state index contributed by atoms with van der Waals surface area (Å²) in [6.45, 7) is 9.77. The van der Waals surface area contributed by atoms with Crippen LogP contribution in [0.1, 0.15) is 41.3 Å². The van der Waals surface area contributed by atoms with E-state index in [0.717, 1.165) is 5.69 Å². The highest BCUT2D eigenvalue weighted by atomic mass is 16.5. The smallest absolute Gasteiger partial charge is 0.274 e. The Kier molecular flexibility index (Phi) is 6.12. The molecule has 0 aliphatic rings. The van der Waals surface area contributed by atoms with Crippen LogP contribution in [0, 0.1) is 20.8 Å². The summed E-state index contributed by atoms with van der Waals surface area (Å²) in [7, 11) is 0. The second-order valence-electron chi connectivity index (χ2n) is 7.23. The largest absolute Gasteiger partial charge is 0.489 e. The van der Waals surface area contributed by atoms with Gasteiger partial charge in [0.2, 0.25) is 0 Å². The van der Waals surface area contributed by atoms with Crippen LogP contribution in [0.3, 0.4) is 0 Å². The maximum Gasteiger partial charge on any atom is 0.274 e. The average Bonchev–Trinajstić information content (AvgIpc) is 2.65. The van der Waals surface area contributed by atoms with Crippen molar-refractivity contribution >= 4 is 23.1 Å². The fourth-order valence-corrected chi connectivity index (χ4v) is 2.83. The third-order valence-electron chi connectivity index (χ3n) is 4.35. The number of nitrogens with one attached hydrogen (secondary N) is 2. The number of aromatic nitrogens is 2. The topological polar surface area (TPSA) is 76.1 Å². The van der Waals surface area contributed by atoms with E-state index in [9.17, 15) is 4.79 Å². The highest BCUT2D eigenvalue weighted by molar-refractivity contribution is 6.04. The molecule has 0 radical (unpaired) electrons. The lowest BCUT2D eigenvalue weighted by molar-refractivity contribution is 0.102. The van der Waals surface area contributed by atoms with Crippen LogP contribution in [-0.4, -0.2) is 22.0 Å². The Morgan fingerprint density at radius 3 is 2.45 bits per heavy atom. The number of anilines is 3. The maximum absolute atomic E-state index is 12.8. The Balaban J connectivity index is 1.82. The number of para-hydroxylation sites is 2. The Hall–Kier alpha value is -3.41. The van der Waals surface area contributed by atoms with Gasteiger partial charge in [0.05, 0.1) is 11.8 Å². The van der Waals surface area contributed by atoms with Gasteiger partial charge in [-0.2, -0.15) is 0 Å². The molecule has 0 fully saturated rings. The number of hydrogen-bond donors (Lipinski definition) is 2. The van der Waals surface area contributed by atoms with Crippen molar-refractivity contribution < 1.29 is 9.53 Å². The van der Waals surface area contributed by atoms with Crippen molar-refractivity contribution in [2.24, 2.45) is 0 Å². The molecule has 0 aliphatic carbocycles. The lowest BCUT2D eigenvalue weighted by Gasteiger charge is -2.15. The molecule has 0 saturated heterocycles. The van der Waals surface area contributed by atoms with Gasteiger partial charge in [0.15, 0.2) is 0 Å². The number of hydrogen-bond acceptors (Lipinski definition) is 5. The molecule has 150 valence electrons. The highest BCUT2D eigenvalue weighted by Crippen LogP contribution is 2.26. The zero-order valence-electron chi connectivity index (χ0n) is 17.4. The van der Waals surface area contributed by atoms with Crippen LogP contribution in [0.5, 0.6) is 5.75 Å². The van der Waals surface area contributed by atoms with Crippen molar-refractivity contribution in [1.29, 1.82) is 0 Å². The SMILES string of the molecule is Cc1nc(Nc2ccc(C)c(C)c2)cc(C(=O)Nc2ccccc2OC(C)C)n1.